The van der Waals surface area contributed by atoms with Gasteiger partial charge in [0.2, 0.25) is 15.9 Å². The van der Waals surface area contributed by atoms with Crippen LogP contribution >= 0.6 is 0 Å². The van der Waals surface area contributed by atoms with E-state index >= 15 is 0 Å². The lowest BCUT2D eigenvalue weighted by Crippen LogP contribution is -2.30. The Hall–Kier alpha value is -2.25. The molecule has 2 aromatic carbocycles. The van der Waals surface area contributed by atoms with Crippen LogP contribution < -0.4 is 4.90 Å². The number of carbonyl (C=O) groups is 1. The van der Waals surface area contributed by atoms with Crippen LogP contribution in [0.1, 0.15) is 31.0 Å². The summed E-state index contributed by atoms with van der Waals surface area (Å²) in [5, 5.41) is 0. The molecule has 7 heteroatoms. The number of hydrogen-bond donors (Lipinski definition) is 0. The van der Waals surface area contributed by atoms with Crippen LogP contribution in [0.25, 0.3) is 0 Å². The summed E-state index contributed by atoms with van der Waals surface area (Å²) in [6.07, 6.45) is 0.634. The molecule has 3 rings (SSSR count). The molecule has 1 heterocycles. The van der Waals surface area contributed by atoms with Crippen LogP contribution in [0.4, 0.5) is 10.1 Å². The molecule has 0 radical (unpaired) electrons. The highest BCUT2D eigenvalue weighted by Gasteiger charge is 2.29. The van der Waals surface area contributed by atoms with Crippen LogP contribution in [0.15, 0.2) is 47.4 Å². The molecule has 1 aliphatic rings. The van der Waals surface area contributed by atoms with Crippen molar-refractivity contribution in [2.45, 2.75) is 31.2 Å². The van der Waals surface area contributed by atoms with Crippen molar-refractivity contribution in [3.8, 4) is 0 Å². The number of rotatable bonds is 4. The average molecular weight is 376 g/mol. The van der Waals surface area contributed by atoms with Gasteiger partial charge in [-0.1, -0.05) is 12.1 Å². The van der Waals surface area contributed by atoms with Crippen LogP contribution in [-0.4, -0.2) is 32.2 Å². The van der Waals surface area contributed by atoms with E-state index in [4.69, 9.17) is 0 Å². The second kappa shape index (κ2) is 6.81. The first kappa shape index (κ1) is 18.5. The smallest absolute Gasteiger partial charge is 0.243 e. The van der Waals surface area contributed by atoms with Crippen molar-refractivity contribution in [1.29, 1.82) is 0 Å². The van der Waals surface area contributed by atoms with Gasteiger partial charge in [-0.2, -0.15) is 4.31 Å². The van der Waals surface area contributed by atoms with E-state index in [2.05, 4.69) is 0 Å². The van der Waals surface area contributed by atoms with Gasteiger partial charge in [0.25, 0.3) is 0 Å². The standard InChI is InChI=1S/C19H21FN2O3S/c1-13(15-4-6-17(20)7-5-15)21(3)26(24,25)18-8-9-19-16(12-18)10-11-22(19)14(2)23/h4-9,12-13H,10-11H2,1-3H3. The second-order valence-electron chi connectivity index (χ2n) is 6.46. The molecule has 0 N–H and O–H groups in total. The summed E-state index contributed by atoms with van der Waals surface area (Å²) >= 11 is 0. The molecule has 0 aromatic heterocycles. The zero-order valence-corrected chi connectivity index (χ0v) is 15.8. The number of anilines is 1. The Kier molecular flexibility index (Phi) is 4.86. The molecular formula is C19H21FN2O3S. The SMILES string of the molecule is CC(=O)N1CCc2cc(S(=O)(=O)N(C)C(C)c3ccc(F)cc3)ccc21. The molecule has 1 unspecified atom stereocenters. The number of amides is 1. The van der Waals surface area contributed by atoms with Gasteiger partial charge in [-0.05, 0) is 54.8 Å². The van der Waals surface area contributed by atoms with Gasteiger partial charge in [0, 0.05) is 32.2 Å². The molecule has 0 bridgehead atoms. The van der Waals surface area contributed by atoms with Gasteiger partial charge < -0.3 is 4.90 Å². The van der Waals surface area contributed by atoms with Crippen LogP contribution in [-0.2, 0) is 21.2 Å². The van der Waals surface area contributed by atoms with Crippen molar-refractivity contribution in [2.75, 3.05) is 18.5 Å². The van der Waals surface area contributed by atoms with Gasteiger partial charge >= 0.3 is 0 Å². The fourth-order valence-corrected chi connectivity index (χ4v) is 4.59. The molecule has 138 valence electrons. The Bertz CT molecular complexity index is 942. The maximum Gasteiger partial charge on any atom is 0.243 e. The molecule has 0 spiro atoms. The zero-order valence-electron chi connectivity index (χ0n) is 14.9. The summed E-state index contributed by atoms with van der Waals surface area (Å²) in [4.78, 5) is 13.5. The third-order valence-corrected chi connectivity index (χ3v) is 6.83. The van der Waals surface area contributed by atoms with Crippen molar-refractivity contribution in [2.24, 2.45) is 0 Å². The Morgan fingerprint density at radius 2 is 1.85 bits per heavy atom. The summed E-state index contributed by atoms with van der Waals surface area (Å²) in [6, 6.07) is 10.2. The Morgan fingerprint density at radius 3 is 2.46 bits per heavy atom. The van der Waals surface area contributed by atoms with E-state index < -0.39 is 16.1 Å². The summed E-state index contributed by atoms with van der Waals surface area (Å²) in [6.45, 7) is 3.82. The third kappa shape index (κ3) is 3.24. The molecule has 0 fully saturated rings. The quantitative estimate of drug-likeness (QED) is 0.824. The van der Waals surface area contributed by atoms with Crippen LogP contribution in [0, 0.1) is 5.82 Å². The third-order valence-electron chi connectivity index (χ3n) is 4.90. The number of benzene rings is 2. The monoisotopic (exact) mass is 376 g/mol. The molecule has 2 aromatic rings. The number of carbonyl (C=O) groups excluding carboxylic acids is 1. The number of halogens is 1. The first-order chi connectivity index (χ1) is 12.2. The zero-order chi connectivity index (χ0) is 19.1. The predicted octanol–water partition coefficient (Wildman–Crippen LogP) is 3.12. The highest BCUT2D eigenvalue weighted by molar-refractivity contribution is 7.89. The van der Waals surface area contributed by atoms with Crippen molar-refractivity contribution >= 4 is 21.6 Å². The van der Waals surface area contributed by atoms with E-state index in [0.29, 0.717) is 18.5 Å². The predicted molar refractivity (Wildman–Crippen MR) is 97.9 cm³/mol. The summed E-state index contributed by atoms with van der Waals surface area (Å²) < 4.78 is 40.4. The van der Waals surface area contributed by atoms with Crippen molar-refractivity contribution in [1.82, 2.24) is 4.31 Å². The Morgan fingerprint density at radius 1 is 1.19 bits per heavy atom. The van der Waals surface area contributed by atoms with Crippen LogP contribution in [0.2, 0.25) is 0 Å². The molecule has 1 amide bonds. The van der Waals surface area contributed by atoms with Gasteiger partial charge in [-0.25, -0.2) is 12.8 Å². The average Bonchev–Trinajstić information content (AvgIpc) is 3.04. The summed E-state index contributed by atoms with van der Waals surface area (Å²) in [7, 11) is -2.21. The van der Waals surface area contributed by atoms with Crippen LogP contribution in [0.3, 0.4) is 0 Å². The molecule has 26 heavy (non-hydrogen) atoms. The number of sulfonamides is 1. The Balaban J connectivity index is 1.90. The van der Waals surface area contributed by atoms with E-state index in [1.54, 1.807) is 36.1 Å². The molecule has 5 nitrogen and oxygen atoms in total. The fourth-order valence-electron chi connectivity index (χ4n) is 3.19. The molecular weight excluding hydrogens is 355 g/mol. The summed E-state index contributed by atoms with van der Waals surface area (Å²) in [5.74, 6) is -0.415. The van der Waals surface area contributed by atoms with Crippen LogP contribution in [0.5, 0.6) is 0 Å². The minimum absolute atomic E-state index is 0.0543. The van der Waals surface area contributed by atoms with Gasteiger partial charge in [0.15, 0.2) is 0 Å². The first-order valence-corrected chi connectivity index (χ1v) is 9.80. The molecule has 0 aliphatic carbocycles. The molecule has 0 saturated heterocycles. The first-order valence-electron chi connectivity index (χ1n) is 8.36. The molecule has 0 saturated carbocycles. The maximum absolute atomic E-state index is 13.1. The largest absolute Gasteiger partial charge is 0.312 e. The van der Waals surface area contributed by atoms with E-state index in [0.717, 1.165) is 11.3 Å². The van der Waals surface area contributed by atoms with Gasteiger partial charge in [-0.3, -0.25) is 4.79 Å². The van der Waals surface area contributed by atoms with E-state index in [-0.39, 0.29) is 16.6 Å². The van der Waals surface area contributed by atoms with Gasteiger partial charge in [0.05, 0.1) is 4.90 Å². The molecule has 1 atom stereocenters. The van der Waals surface area contributed by atoms with Crippen molar-refractivity contribution in [3.05, 3.63) is 59.4 Å². The van der Waals surface area contributed by atoms with E-state index in [1.807, 2.05) is 0 Å². The number of nitrogens with zero attached hydrogens (tertiary/aromatic N) is 2. The van der Waals surface area contributed by atoms with E-state index in [1.165, 1.54) is 36.5 Å². The normalized spacial score (nSPS) is 15.2. The Labute approximate surface area is 153 Å². The lowest BCUT2D eigenvalue weighted by Gasteiger charge is -2.25. The van der Waals surface area contributed by atoms with Crippen molar-refractivity contribution < 1.29 is 17.6 Å². The fraction of sp³-hybridized carbons (Fsp3) is 0.316. The lowest BCUT2D eigenvalue weighted by molar-refractivity contribution is -0.116. The topological polar surface area (TPSA) is 57.7 Å². The lowest BCUT2D eigenvalue weighted by atomic mass is 10.1. The minimum Gasteiger partial charge on any atom is -0.312 e. The molecule has 1 aliphatic heterocycles. The second-order valence-corrected chi connectivity index (χ2v) is 8.46. The van der Waals surface area contributed by atoms with Crippen molar-refractivity contribution in [3.63, 3.8) is 0 Å². The summed E-state index contributed by atoms with van der Waals surface area (Å²) in [5.41, 5.74) is 2.33. The highest BCUT2D eigenvalue weighted by Crippen LogP contribution is 2.32. The minimum atomic E-state index is -3.72. The number of hydrogen-bond acceptors (Lipinski definition) is 3. The maximum atomic E-state index is 13.1. The number of fused-ring (bicyclic) bond motifs is 1. The van der Waals surface area contributed by atoms with Gasteiger partial charge in [0.1, 0.15) is 5.82 Å². The highest BCUT2D eigenvalue weighted by atomic mass is 32.2. The van der Waals surface area contributed by atoms with E-state index in [9.17, 15) is 17.6 Å². The van der Waals surface area contributed by atoms with Gasteiger partial charge in [-0.15, -0.1) is 0 Å².